The Kier molecular flexibility index (Phi) is 4.54. The molecule has 0 atom stereocenters. The molecule has 0 radical (unpaired) electrons. The number of fused-ring (bicyclic) bond motifs is 6. The second kappa shape index (κ2) is 7.45. The van der Waals surface area contributed by atoms with E-state index < -0.39 is 12.1 Å². The van der Waals surface area contributed by atoms with Gasteiger partial charge in [-0.25, -0.2) is 0 Å². The summed E-state index contributed by atoms with van der Waals surface area (Å²) < 4.78 is 0. The lowest BCUT2D eigenvalue weighted by atomic mass is 10.1. The van der Waals surface area contributed by atoms with Gasteiger partial charge in [-0.05, 0) is 32.9 Å². The topological polar surface area (TPSA) is 0 Å². The van der Waals surface area contributed by atoms with Crippen LogP contribution in [0, 0.1) is 0 Å². The molecular formula is C30H20P2S2. The molecule has 162 valence electrons. The first-order chi connectivity index (χ1) is 16.6. The van der Waals surface area contributed by atoms with Crippen molar-refractivity contribution in [3.63, 3.8) is 0 Å². The summed E-state index contributed by atoms with van der Waals surface area (Å²) in [6.07, 6.45) is 0. The van der Waals surface area contributed by atoms with Gasteiger partial charge in [0.05, 0.1) is 0 Å². The van der Waals surface area contributed by atoms with E-state index in [2.05, 4.69) is 121 Å². The van der Waals surface area contributed by atoms with Gasteiger partial charge in [0, 0.05) is 33.3 Å². The van der Waals surface area contributed by atoms with Crippen molar-refractivity contribution in [1.82, 2.24) is 0 Å². The van der Waals surface area contributed by atoms with Crippen LogP contribution in [-0.2, 0) is 23.6 Å². The number of hydrogen-bond donors (Lipinski definition) is 0. The van der Waals surface area contributed by atoms with E-state index in [0.717, 1.165) is 0 Å². The molecule has 5 aromatic carbocycles. The maximum absolute atomic E-state index is 6.57. The highest BCUT2D eigenvalue weighted by Crippen LogP contribution is 2.54. The number of hydrogen-bond acceptors (Lipinski definition) is 2. The van der Waals surface area contributed by atoms with Crippen molar-refractivity contribution in [3.05, 3.63) is 121 Å². The standard InChI is InChI=1S/C30H20P2S2/c33-31(27-13-5-1-9-23(27)24-10-2-6-14-28(24)31)21-17-19-22(20-18-21)32(34)29-15-7-3-11-25(29)26-12-4-8-16-30(26)32/h1-20H. The Bertz CT molecular complexity index is 1490. The average molecular weight is 507 g/mol. The van der Waals surface area contributed by atoms with Crippen LogP contribution in [0.5, 0.6) is 0 Å². The summed E-state index contributed by atoms with van der Waals surface area (Å²) in [5, 5.41) is 7.70. The van der Waals surface area contributed by atoms with Crippen LogP contribution in [0.25, 0.3) is 22.3 Å². The fraction of sp³-hybridized carbons (Fsp3) is 0. The Hall–Kier alpha value is -2.60. The van der Waals surface area contributed by atoms with E-state index in [1.807, 2.05) is 0 Å². The zero-order chi connectivity index (χ0) is 22.9. The average Bonchev–Trinajstić information content (AvgIpc) is 3.33. The van der Waals surface area contributed by atoms with Crippen molar-refractivity contribution in [3.8, 4) is 22.3 Å². The normalized spacial score (nSPS) is 15.8. The lowest BCUT2D eigenvalue weighted by Gasteiger charge is -2.23. The van der Waals surface area contributed by atoms with Crippen LogP contribution < -0.4 is 31.8 Å². The van der Waals surface area contributed by atoms with Crippen LogP contribution in [0.3, 0.4) is 0 Å². The second-order valence-electron chi connectivity index (χ2n) is 8.80. The van der Waals surface area contributed by atoms with Crippen LogP contribution >= 0.6 is 12.1 Å². The van der Waals surface area contributed by atoms with Crippen molar-refractivity contribution in [2.24, 2.45) is 0 Å². The summed E-state index contributed by atoms with van der Waals surface area (Å²) in [7, 11) is 0. The Labute approximate surface area is 210 Å². The second-order valence-corrected chi connectivity index (χ2v) is 17.5. The summed E-state index contributed by atoms with van der Waals surface area (Å²) in [5.41, 5.74) is 5.15. The van der Waals surface area contributed by atoms with E-state index >= 15 is 0 Å². The molecule has 0 nitrogen and oxygen atoms in total. The molecule has 0 amide bonds. The van der Waals surface area contributed by atoms with E-state index in [-0.39, 0.29) is 0 Å². The van der Waals surface area contributed by atoms with Crippen molar-refractivity contribution >= 4 is 67.5 Å². The zero-order valence-corrected chi connectivity index (χ0v) is 21.7. The molecule has 5 aromatic rings. The van der Waals surface area contributed by atoms with Gasteiger partial charge in [0.2, 0.25) is 0 Å². The minimum Gasteiger partial charge on any atom is -0.0826 e. The van der Waals surface area contributed by atoms with E-state index in [1.165, 1.54) is 54.1 Å². The zero-order valence-electron chi connectivity index (χ0n) is 18.3. The van der Waals surface area contributed by atoms with Crippen LogP contribution in [-0.4, -0.2) is 0 Å². The van der Waals surface area contributed by atoms with Gasteiger partial charge in [-0.3, -0.25) is 0 Å². The van der Waals surface area contributed by atoms with Gasteiger partial charge in [0.15, 0.2) is 0 Å². The van der Waals surface area contributed by atoms with E-state index in [9.17, 15) is 0 Å². The minimum atomic E-state index is -2.10. The molecule has 0 N–H and O–H groups in total. The molecule has 7 rings (SSSR count). The number of benzene rings is 5. The van der Waals surface area contributed by atoms with Gasteiger partial charge in [0.25, 0.3) is 0 Å². The molecule has 0 saturated heterocycles. The third kappa shape index (κ3) is 2.61. The predicted molar refractivity (Wildman–Crippen MR) is 157 cm³/mol. The van der Waals surface area contributed by atoms with Crippen molar-refractivity contribution < 1.29 is 0 Å². The Morgan fingerprint density at radius 3 is 0.824 bits per heavy atom. The highest BCUT2D eigenvalue weighted by molar-refractivity contribution is 8.26. The maximum Gasteiger partial charge on any atom is 0.0391 e. The molecule has 2 heterocycles. The quantitative estimate of drug-likeness (QED) is 0.297. The molecule has 0 aliphatic carbocycles. The molecule has 2 aliphatic rings. The third-order valence-electron chi connectivity index (χ3n) is 7.13. The van der Waals surface area contributed by atoms with Crippen LogP contribution in [0.15, 0.2) is 121 Å². The van der Waals surface area contributed by atoms with Gasteiger partial charge in [-0.15, -0.1) is 0 Å². The molecule has 2 aliphatic heterocycles. The van der Waals surface area contributed by atoms with Crippen LogP contribution in [0.1, 0.15) is 0 Å². The minimum absolute atomic E-state index is 1.24. The smallest absolute Gasteiger partial charge is 0.0391 e. The Morgan fingerprint density at radius 1 is 0.324 bits per heavy atom. The van der Waals surface area contributed by atoms with Crippen molar-refractivity contribution in [1.29, 1.82) is 0 Å². The molecule has 0 bridgehead atoms. The van der Waals surface area contributed by atoms with Crippen molar-refractivity contribution in [2.45, 2.75) is 0 Å². The SMILES string of the molecule is S=P1(c2ccc(P3(=S)c4ccccc4-c4ccccc43)cc2)c2ccccc2-c2ccccc21. The van der Waals surface area contributed by atoms with Crippen LogP contribution in [0.2, 0.25) is 0 Å². The van der Waals surface area contributed by atoms with Gasteiger partial charge >= 0.3 is 0 Å². The molecule has 0 saturated carbocycles. The third-order valence-corrected chi connectivity index (χ3v) is 17.1. The fourth-order valence-corrected chi connectivity index (χ4v) is 14.3. The Balaban J connectivity index is 1.42. The van der Waals surface area contributed by atoms with Crippen LogP contribution in [0.4, 0.5) is 0 Å². The Morgan fingerprint density at radius 2 is 0.559 bits per heavy atom. The molecule has 34 heavy (non-hydrogen) atoms. The largest absolute Gasteiger partial charge is 0.0826 e. The molecular weight excluding hydrogens is 486 g/mol. The molecule has 0 aromatic heterocycles. The molecule has 4 heteroatoms. The lowest BCUT2D eigenvalue weighted by molar-refractivity contribution is 1.71. The number of rotatable bonds is 2. The monoisotopic (exact) mass is 506 g/mol. The summed E-state index contributed by atoms with van der Waals surface area (Å²) in [6, 6.07) is 39.6. The fourth-order valence-electron chi connectivity index (χ4n) is 5.59. The van der Waals surface area contributed by atoms with E-state index in [1.54, 1.807) is 0 Å². The first-order valence-corrected chi connectivity index (χ1v) is 16.9. The summed E-state index contributed by atoms with van der Waals surface area (Å²) >= 11 is 13.1. The molecule has 0 unspecified atom stereocenters. The summed E-state index contributed by atoms with van der Waals surface area (Å²) in [5.74, 6) is 0. The first-order valence-electron chi connectivity index (χ1n) is 11.3. The van der Waals surface area contributed by atoms with E-state index in [0.29, 0.717) is 0 Å². The van der Waals surface area contributed by atoms with E-state index in [4.69, 9.17) is 23.6 Å². The summed E-state index contributed by atoms with van der Waals surface area (Å²) in [6.45, 7) is 0. The van der Waals surface area contributed by atoms with Crippen molar-refractivity contribution in [2.75, 3.05) is 0 Å². The molecule has 0 spiro atoms. The molecule has 0 fully saturated rings. The highest BCUT2D eigenvalue weighted by Gasteiger charge is 2.38. The van der Waals surface area contributed by atoms with Gasteiger partial charge < -0.3 is 0 Å². The van der Waals surface area contributed by atoms with Gasteiger partial charge in [-0.2, -0.15) is 0 Å². The maximum atomic E-state index is 6.57. The first kappa shape index (κ1) is 20.7. The lowest BCUT2D eigenvalue weighted by Crippen LogP contribution is -2.24. The van der Waals surface area contributed by atoms with Gasteiger partial charge in [0.1, 0.15) is 0 Å². The summed E-state index contributed by atoms with van der Waals surface area (Å²) in [4.78, 5) is 0. The predicted octanol–water partition coefficient (Wildman–Crippen LogP) is 5.16. The highest BCUT2D eigenvalue weighted by atomic mass is 32.4. The van der Waals surface area contributed by atoms with Gasteiger partial charge in [-0.1, -0.05) is 145 Å².